The predicted molar refractivity (Wildman–Crippen MR) is 50.9 cm³/mol. The van der Waals surface area contributed by atoms with Crippen molar-refractivity contribution in [2.45, 2.75) is 6.54 Å². The summed E-state index contributed by atoms with van der Waals surface area (Å²) < 4.78 is 0. The zero-order valence-electron chi connectivity index (χ0n) is 6.57. The summed E-state index contributed by atoms with van der Waals surface area (Å²) in [5.74, 6) is 0. The second kappa shape index (κ2) is 3.15. The Morgan fingerprint density at radius 2 is 2.25 bits per heavy atom. The minimum absolute atomic E-state index is 0.498. The van der Waals surface area contributed by atoms with E-state index < -0.39 is 0 Å². The van der Waals surface area contributed by atoms with Gasteiger partial charge in [-0.2, -0.15) is 0 Å². The third kappa shape index (κ3) is 1.30. The first-order valence-electron chi connectivity index (χ1n) is 3.82. The molecule has 0 saturated carbocycles. The van der Waals surface area contributed by atoms with E-state index in [1.54, 1.807) is 6.34 Å². The van der Waals surface area contributed by atoms with E-state index in [-0.39, 0.29) is 0 Å². The maximum Gasteiger partial charge on any atom is 0.0940 e. The highest BCUT2D eigenvalue weighted by Gasteiger charge is 2.08. The Bertz CT molecular complexity index is 309. The summed E-state index contributed by atoms with van der Waals surface area (Å²) in [5.41, 5.74) is 2.29. The van der Waals surface area contributed by atoms with Gasteiger partial charge in [-0.3, -0.25) is 0 Å². The van der Waals surface area contributed by atoms with Crippen molar-refractivity contribution < 1.29 is 0 Å². The van der Waals surface area contributed by atoms with Crippen LogP contribution in [0.4, 0.5) is 5.69 Å². The number of hydrogen-bond donors (Lipinski definition) is 0. The van der Waals surface area contributed by atoms with Crippen LogP contribution in [0.5, 0.6) is 0 Å². The van der Waals surface area contributed by atoms with Gasteiger partial charge < -0.3 is 4.90 Å². The lowest BCUT2D eigenvalue weighted by molar-refractivity contribution is 0.487. The van der Waals surface area contributed by atoms with E-state index in [1.165, 1.54) is 5.56 Å². The fourth-order valence-corrected chi connectivity index (χ4v) is 1.39. The molecule has 1 aliphatic heterocycles. The fourth-order valence-electron chi connectivity index (χ4n) is 1.25. The zero-order chi connectivity index (χ0) is 8.39. The Kier molecular flexibility index (Phi) is 2.00. The maximum atomic E-state index is 5.68. The van der Waals surface area contributed by atoms with E-state index >= 15 is 0 Å². The number of para-hydroxylation sites is 1. The molecule has 0 atom stereocenters. The van der Waals surface area contributed by atoms with Crippen molar-refractivity contribution in [2.24, 2.45) is 4.99 Å². The average Bonchev–Trinajstić information content (AvgIpc) is 2.17. The van der Waals surface area contributed by atoms with Gasteiger partial charge in [0.25, 0.3) is 0 Å². The monoisotopic (exact) mass is 180 g/mol. The molecular formula is C9H9ClN2. The Morgan fingerprint density at radius 3 is 3.08 bits per heavy atom. The fraction of sp³-hybridized carbons (Fsp3) is 0.222. The molecule has 1 aliphatic rings. The molecule has 0 spiro atoms. The molecule has 0 saturated heterocycles. The topological polar surface area (TPSA) is 15.6 Å². The number of alkyl halides is 1. The van der Waals surface area contributed by atoms with Crippen LogP contribution < -0.4 is 0 Å². The molecule has 2 nitrogen and oxygen atoms in total. The van der Waals surface area contributed by atoms with Crippen LogP contribution in [0.15, 0.2) is 29.3 Å². The average molecular weight is 181 g/mol. The van der Waals surface area contributed by atoms with Crippen molar-refractivity contribution in [3.63, 3.8) is 0 Å². The first-order chi connectivity index (χ1) is 5.90. The summed E-state index contributed by atoms with van der Waals surface area (Å²) >= 11 is 5.68. The number of hydrogen-bond acceptors (Lipinski definition) is 2. The molecule has 62 valence electrons. The molecule has 1 aromatic carbocycles. The highest BCUT2D eigenvalue weighted by molar-refractivity contribution is 6.18. The summed E-state index contributed by atoms with van der Waals surface area (Å²) in [4.78, 5) is 6.22. The third-order valence-corrected chi connectivity index (χ3v) is 2.19. The SMILES string of the molecule is ClCN1C=Nc2ccccc2C1. The lowest BCUT2D eigenvalue weighted by Gasteiger charge is -2.21. The van der Waals surface area contributed by atoms with Crippen LogP contribution in [0.2, 0.25) is 0 Å². The number of rotatable bonds is 1. The minimum Gasteiger partial charge on any atom is -0.344 e. The number of fused-ring (bicyclic) bond motifs is 1. The van der Waals surface area contributed by atoms with Gasteiger partial charge in [0.15, 0.2) is 0 Å². The largest absolute Gasteiger partial charge is 0.344 e. The van der Waals surface area contributed by atoms with Crippen LogP contribution in [-0.2, 0) is 6.54 Å². The summed E-state index contributed by atoms with van der Waals surface area (Å²) in [5, 5.41) is 0. The van der Waals surface area contributed by atoms with Crippen molar-refractivity contribution in [3.8, 4) is 0 Å². The van der Waals surface area contributed by atoms with Gasteiger partial charge in [-0.05, 0) is 11.6 Å². The normalized spacial score (nSPS) is 14.6. The van der Waals surface area contributed by atoms with E-state index in [0.29, 0.717) is 6.00 Å². The molecular weight excluding hydrogens is 172 g/mol. The van der Waals surface area contributed by atoms with E-state index in [1.807, 2.05) is 23.1 Å². The minimum atomic E-state index is 0.498. The Hall–Kier alpha value is -1.02. The molecule has 0 amide bonds. The van der Waals surface area contributed by atoms with Gasteiger partial charge in [0.2, 0.25) is 0 Å². The zero-order valence-corrected chi connectivity index (χ0v) is 7.33. The summed E-state index contributed by atoms with van der Waals surface area (Å²) in [6.45, 7) is 0.864. The second-order valence-corrected chi connectivity index (χ2v) is 2.98. The molecule has 0 aliphatic carbocycles. The smallest absolute Gasteiger partial charge is 0.0940 e. The van der Waals surface area contributed by atoms with Crippen molar-refractivity contribution in [1.82, 2.24) is 4.90 Å². The first kappa shape index (κ1) is 7.62. The third-order valence-electron chi connectivity index (χ3n) is 1.88. The van der Waals surface area contributed by atoms with Crippen LogP contribution in [0.3, 0.4) is 0 Å². The molecule has 0 N–H and O–H groups in total. The first-order valence-corrected chi connectivity index (χ1v) is 4.36. The van der Waals surface area contributed by atoms with Gasteiger partial charge in [-0.1, -0.05) is 18.2 Å². The molecule has 1 heterocycles. The van der Waals surface area contributed by atoms with Crippen LogP contribution in [0.25, 0.3) is 0 Å². The van der Waals surface area contributed by atoms with Crippen LogP contribution >= 0.6 is 11.6 Å². The summed E-state index contributed by atoms with van der Waals surface area (Å²) in [6, 6.07) is 8.60. The van der Waals surface area contributed by atoms with Crippen molar-refractivity contribution in [3.05, 3.63) is 29.8 Å². The standard InChI is InChI=1S/C9H9ClN2/c10-6-12-5-8-3-1-2-4-9(8)11-7-12/h1-4,7H,5-6H2. The highest BCUT2D eigenvalue weighted by atomic mass is 35.5. The quantitative estimate of drug-likeness (QED) is 0.479. The number of halogens is 1. The molecule has 0 aromatic heterocycles. The molecule has 0 unspecified atom stereocenters. The van der Waals surface area contributed by atoms with Gasteiger partial charge in [0.05, 0.1) is 18.0 Å². The number of aliphatic imine (C=N–C) groups is 1. The lowest BCUT2D eigenvalue weighted by atomic mass is 10.1. The Morgan fingerprint density at radius 1 is 1.42 bits per heavy atom. The number of nitrogens with zero attached hydrogens (tertiary/aromatic N) is 2. The highest BCUT2D eigenvalue weighted by Crippen LogP contribution is 2.23. The molecule has 1 aromatic rings. The summed E-state index contributed by atoms with van der Waals surface area (Å²) in [6.07, 6.45) is 1.79. The van der Waals surface area contributed by atoms with Gasteiger partial charge >= 0.3 is 0 Å². The summed E-state index contributed by atoms with van der Waals surface area (Å²) in [7, 11) is 0. The van der Waals surface area contributed by atoms with Crippen LogP contribution in [0, 0.1) is 0 Å². The molecule has 0 fully saturated rings. The van der Waals surface area contributed by atoms with Gasteiger partial charge in [0.1, 0.15) is 0 Å². The predicted octanol–water partition coefficient (Wildman–Crippen LogP) is 2.36. The van der Waals surface area contributed by atoms with Crippen LogP contribution in [-0.4, -0.2) is 17.2 Å². The van der Waals surface area contributed by atoms with Crippen LogP contribution in [0.1, 0.15) is 5.56 Å². The molecule has 2 rings (SSSR count). The van der Waals surface area contributed by atoms with Gasteiger partial charge in [-0.15, -0.1) is 11.6 Å². The Labute approximate surface area is 76.5 Å². The van der Waals surface area contributed by atoms with E-state index in [0.717, 1.165) is 12.2 Å². The molecule has 12 heavy (non-hydrogen) atoms. The molecule has 3 heteroatoms. The lowest BCUT2D eigenvalue weighted by Crippen LogP contribution is -2.21. The van der Waals surface area contributed by atoms with Crippen molar-refractivity contribution in [2.75, 3.05) is 6.00 Å². The van der Waals surface area contributed by atoms with E-state index in [9.17, 15) is 0 Å². The van der Waals surface area contributed by atoms with Crippen molar-refractivity contribution in [1.29, 1.82) is 0 Å². The second-order valence-electron chi connectivity index (χ2n) is 2.74. The van der Waals surface area contributed by atoms with Crippen molar-refractivity contribution >= 4 is 23.6 Å². The van der Waals surface area contributed by atoms with Gasteiger partial charge in [-0.25, -0.2) is 4.99 Å². The van der Waals surface area contributed by atoms with Gasteiger partial charge in [0, 0.05) is 6.54 Å². The maximum absolute atomic E-state index is 5.68. The number of benzene rings is 1. The molecule has 0 radical (unpaired) electrons. The Balaban J connectivity index is 2.33. The van der Waals surface area contributed by atoms with E-state index in [2.05, 4.69) is 11.1 Å². The molecule has 0 bridgehead atoms. The van der Waals surface area contributed by atoms with E-state index in [4.69, 9.17) is 11.6 Å².